The number of hydrogen-bond acceptors (Lipinski definition) is 3. The average molecular weight is 177 g/mol. The van der Waals surface area contributed by atoms with Gasteiger partial charge in [0.25, 0.3) is 5.91 Å². The van der Waals surface area contributed by atoms with Gasteiger partial charge in [0, 0.05) is 18.8 Å². The number of carbonyl (C=O) groups is 1. The molecule has 0 heterocycles. The van der Waals surface area contributed by atoms with E-state index in [1.165, 1.54) is 0 Å². The Labute approximate surface area is 72.8 Å². The van der Waals surface area contributed by atoms with E-state index in [-0.39, 0.29) is 11.7 Å². The molecule has 0 aliphatic heterocycles. The molecule has 0 saturated carbocycles. The van der Waals surface area contributed by atoms with Crippen molar-refractivity contribution in [2.75, 3.05) is 18.8 Å². The molecular formula is C7H15NO2S. The van der Waals surface area contributed by atoms with Crippen LogP contribution in [-0.2, 0) is 4.79 Å². The summed E-state index contributed by atoms with van der Waals surface area (Å²) in [7, 11) is 0. The lowest BCUT2D eigenvalue weighted by molar-refractivity contribution is -0.138. The zero-order valence-corrected chi connectivity index (χ0v) is 7.84. The van der Waals surface area contributed by atoms with Gasteiger partial charge in [0.2, 0.25) is 0 Å². The van der Waals surface area contributed by atoms with Crippen molar-refractivity contribution in [2.24, 2.45) is 0 Å². The topological polar surface area (TPSA) is 40.5 Å². The molecule has 0 bridgehead atoms. The maximum absolute atomic E-state index is 11.2. The molecule has 11 heavy (non-hydrogen) atoms. The normalized spacial score (nSPS) is 12.7. The van der Waals surface area contributed by atoms with Crippen LogP contribution in [0.2, 0.25) is 0 Å². The Morgan fingerprint density at radius 3 is 2.27 bits per heavy atom. The van der Waals surface area contributed by atoms with Crippen molar-refractivity contribution >= 4 is 18.5 Å². The molecule has 0 fully saturated rings. The highest BCUT2D eigenvalue weighted by Crippen LogP contribution is 1.96. The molecular weight excluding hydrogens is 162 g/mol. The van der Waals surface area contributed by atoms with Gasteiger partial charge >= 0.3 is 0 Å². The molecule has 0 aliphatic rings. The first-order valence-corrected chi connectivity index (χ1v) is 4.38. The maximum atomic E-state index is 11.2. The Morgan fingerprint density at radius 1 is 1.55 bits per heavy atom. The molecule has 4 heteroatoms. The Hall–Kier alpha value is -0.220. The van der Waals surface area contributed by atoms with E-state index < -0.39 is 6.10 Å². The van der Waals surface area contributed by atoms with E-state index in [0.717, 1.165) is 0 Å². The van der Waals surface area contributed by atoms with E-state index >= 15 is 0 Å². The van der Waals surface area contributed by atoms with Crippen LogP contribution in [0.15, 0.2) is 0 Å². The van der Waals surface area contributed by atoms with Crippen LogP contribution in [0.3, 0.4) is 0 Å². The maximum Gasteiger partial charge on any atom is 0.252 e. The summed E-state index contributed by atoms with van der Waals surface area (Å²) in [4.78, 5) is 12.7. The van der Waals surface area contributed by atoms with Gasteiger partial charge in [-0.05, 0) is 13.8 Å². The van der Waals surface area contributed by atoms with Crippen LogP contribution in [0.1, 0.15) is 13.8 Å². The molecule has 3 nitrogen and oxygen atoms in total. The number of amides is 1. The fraction of sp³-hybridized carbons (Fsp3) is 0.857. The molecule has 0 aliphatic carbocycles. The van der Waals surface area contributed by atoms with Crippen LogP contribution in [-0.4, -0.2) is 40.9 Å². The minimum Gasteiger partial charge on any atom is -0.382 e. The second kappa shape index (κ2) is 5.43. The highest BCUT2D eigenvalue weighted by molar-refractivity contribution is 7.80. The zero-order valence-electron chi connectivity index (χ0n) is 6.95. The molecule has 1 amide bonds. The number of rotatable bonds is 4. The summed E-state index contributed by atoms with van der Waals surface area (Å²) < 4.78 is 0. The molecule has 66 valence electrons. The molecule has 0 aromatic carbocycles. The summed E-state index contributed by atoms with van der Waals surface area (Å²) in [6, 6.07) is 0. The van der Waals surface area contributed by atoms with Gasteiger partial charge < -0.3 is 10.0 Å². The second-order valence-electron chi connectivity index (χ2n) is 2.21. The van der Waals surface area contributed by atoms with Crippen LogP contribution in [0.4, 0.5) is 0 Å². The second-order valence-corrected chi connectivity index (χ2v) is 2.57. The summed E-state index contributed by atoms with van der Waals surface area (Å²) in [5.74, 6) is -0.0417. The smallest absolute Gasteiger partial charge is 0.252 e. The standard InChI is InChI=1S/C7H15NO2S/c1-3-8(4-2)7(10)6(9)5-11/h6,9,11H,3-5H2,1-2H3. The number of nitrogens with zero attached hydrogens (tertiary/aromatic N) is 1. The van der Waals surface area contributed by atoms with Crippen molar-refractivity contribution in [3.63, 3.8) is 0 Å². The lowest BCUT2D eigenvalue weighted by Crippen LogP contribution is -2.39. The van der Waals surface area contributed by atoms with Gasteiger partial charge in [-0.25, -0.2) is 0 Å². The van der Waals surface area contributed by atoms with E-state index in [9.17, 15) is 4.79 Å². The number of thiol groups is 1. The van der Waals surface area contributed by atoms with Crippen LogP contribution in [0, 0.1) is 0 Å². The minimum atomic E-state index is -0.946. The summed E-state index contributed by atoms with van der Waals surface area (Å²) in [5.41, 5.74) is 0. The average Bonchev–Trinajstić information content (AvgIpc) is 2.05. The lowest BCUT2D eigenvalue weighted by Gasteiger charge is -2.20. The fourth-order valence-electron chi connectivity index (χ4n) is 0.824. The first kappa shape index (κ1) is 10.8. The molecule has 1 N–H and O–H groups in total. The van der Waals surface area contributed by atoms with E-state index in [4.69, 9.17) is 5.11 Å². The number of aliphatic hydroxyl groups is 1. The lowest BCUT2D eigenvalue weighted by atomic mass is 10.3. The Balaban J connectivity index is 3.97. The molecule has 0 rings (SSSR count). The monoisotopic (exact) mass is 177 g/mol. The van der Waals surface area contributed by atoms with Crippen molar-refractivity contribution in [1.29, 1.82) is 0 Å². The third-order valence-corrected chi connectivity index (χ3v) is 1.88. The SMILES string of the molecule is CCN(CC)C(=O)C(O)CS. The fourth-order valence-corrected chi connectivity index (χ4v) is 0.980. The number of hydrogen-bond donors (Lipinski definition) is 2. The van der Waals surface area contributed by atoms with Crippen molar-refractivity contribution in [1.82, 2.24) is 4.90 Å². The predicted octanol–water partition coefficient (Wildman–Crippen LogP) is 0.145. The first-order valence-electron chi connectivity index (χ1n) is 3.75. The molecule has 0 saturated heterocycles. The largest absolute Gasteiger partial charge is 0.382 e. The van der Waals surface area contributed by atoms with Gasteiger partial charge in [-0.1, -0.05) is 0 Å². The highest BCUT2D eigenvalue weighted by atomic mass is 32.1. The Kier molecular flexibility index (Phi) is 5.32. The highest BCUT2D eigenvalue weighted by Gasteiger charge is 2.17. The van der Waals surface area contributed by atoms with Gasteiger partial charge in [-0.3, -0.25) is 4.79 Å². The minimum absolute atomic E-state index is 0.190. The molecule has 0 spiro atoms. The number of carbonyl (C=O) groups excluding carboxylic acids is 1. The van der Waals surface area contributed by atoms with E-state index in [1.54, 1.807) is 4.90 Å². The Bertz CT molecular complexity index is 126. The molecule has 1 atom stereocenters. The molecule has 1 unspecified atom stereocenters. The van der Waals surface area contributed by atoms with Crippen LogP contribution in [0.5, 0.6) is 0 Å². The first-order chi connectivity index (χ1) is 5.17. The summed E-state index contributed by atoms with van der Waals surface area (Å²) in [6.45, 7) is 5.04. The van der Waals surface area contributed by atoms with Gasteiger partial charge in [-0.2, -0.15) is 12.6 Å². The van der Waals surface area contributed by atoms with Crippen molar-refractivity contribution < 1.29 is 9.90 Å². The molecule has 0 aromatic heterocycles. The summed E-state index contributed by atoms with van der Waals surface area (Å²) >= 11 is 3.83. The predicted molar refractivity (Wildman–Crippen MR) is 47.8 cm³/mol. The van der Waals surface area contributed by atoms with Gasteiger partial charge in [-0.15, -0.1) is 0 Å². The number of aliphatic hydroxyl groups excluding tert-OH is 1. The third-order valence-electron chi connectivity index (χ3n) is 1.53. The van der Waals surface area contributed by atoms with Gasteiger partial charge in [0.1, 0.15) is 6.10 Å². The molecule has 0 radical (unpaired) electrons. The Morgan fingerprint density at radius 2 is 2.00 bits per heavy atom. The van der Waals surface area contributed by atoms with Crippen LogP contribution in [0.25, 0.3) is 0 Å². The van der Waals surface area contributed by atoms with Crippen LogP contribution >= 0.6 is 12.6 Å². The van der Waals surface area contributed by atoms with Gasteiger partial charge in [0.15, 0.2) is 0 Å². The zero-order chi connectivity index (χ0) is 8.85. The number of likely N-dealkylation sites (N-methyl/N-ethyl adjacent to an activating group) is 1. The van der Waals surface area contributed by atoms with Crippen molar-refractivity contribution in [3.05, 3.63) is 0 Å². The van der Waals surface area contributed by atoms with Crippen molar-refractivity contribution in [2.45, 2.75) is 20.0 Å². The van der Waals surface area contributed by atoms with Crippen molar-refractivity contribution in [3.8, 4) is 0 Å². The van der Waals surface area contributed by atoms with E-state index in [1.807, 2.05) is 13.8 Å². The molecule has 0 aromatic rings. The quantitative estimate of drug-likeness (QED) is 0.600. The van der Waals surface area contributed by atoms with Crippen LogP contribution < -0.4 is 0 Å². The van der Waals surface area contributed by atoms with E-state index in [2.05, 4.69) is 12.6 Å². The summed E-state index contributed by atoms with van der Waals surface area (Å²) in [5, 5.41) is 9.09. The third kappa shape index (κ3) is 3.12. The summed E-state index contributed by atoms with van der Waals surface area (Å²) in [6.07, 6.45) is -0.946. The van der Waals surface area contributed by atoms with Gasteiger partial charge in [0.05, 0.1) is 0 Å². The van der Waals surface area contributed by atoms with E-state index in [0.29, 0.717) is 13.1 Å².